The highest BCUT2D eigenvalue weighted by Crippen LogP contribution is 2.19. The number of hydrogen-bond donors (Lipinski definition) is 1. The Morgan fingerprint density at radius 1 is 1.41 bits per heavy atom. The maximum Gasteiger partial charge on any atom is 0.329 e. The van der Waals surface area contributed by atoms with E-state index in [1.807, 2.05) is 0 Å². The highest BCUT2D eigenvalue weighted by Gasteiger charge is 2.38. The van der Waals surface area contributed by atoms with Crippen molar-refractivity contribution in [1.29, 1.82) is 0 Å². The van der Waals surface area contributed by atoms with Crippen LogP contribution in [0.15, 0.2) is 16.5 Å². The van der Waals surface area contributed by atoms with Gasteiger partial charge in [0.25, 0.3) is 5.91 Å². The van der Waals surface area contributed by atoms with Crippen molar-refractivity contribution in [3.8, 4) is 0 Å². The van der Waals surface area contributed by atoms with Crippen LogP contribution in [0.1, 0.15) is 37.1 Å². The molecule has 1 aromatic heterocycles. The molecule has 0 atom stereocenters. The topological polar surface area (TPSA) is 70.8 Å². The number of carboxylic acid groups (broad SMARTS) is 1. The summed E-state index contributed by atoms with van der Waals surface area (Å²) in [7, 11) is 0. The van der Waals surface area contributed by atoms with E-state index in [1.165, 1.54) is 18.7 Å². The molecule has 5 heteroatoms. The van der Waals surface area contributed by atoms with E-state index in [0.29, 0.717) is 12.3 Å². The SMILES string of the molecule is CCN(C(=O)c1ccc(C)o1)C(C)(C)C(=O)O. The van der Waals surface area contributed by atoms with Crippen LogP contribution >= 0.6 is 0 Å². The number of rotatable bonds is 4. The van der Waals surface area contributed by atoms with Crippen LogP contribution in [0.4, 0.5) is 0 Å². The molecule has 1 aromatic rings. The van der Waals surface area contributed by atoms with E-state index in [-0.39, 0.29) is 5.76 Å². The van der Waals surface area contributed by atoms with E-state index in [0.717, 1.165) is 0 Å². The molecule has 94 valence electrons. The lowest BCUT2D eigenvalue weighted by atomic mass is 10.0. The van der Waals surface area contributed by atoms with Gasteiger partial charge in [0.2, 0.25) is 0 Å². The molecule has 0 radical (unpaired) electrons. The van der Waals surface area contributed by atoms with Gasteiger partial charge in [-0.2, -0.15) is 0 Å². The number of aryl methyl sites for hydroxylation is 1. The monoisotopic (exact) mass is 239 g/mol. The number of nitrogens with zero attached hydrogens (tertiary/aromatic N) is 1. The van der Waals surface area contributed by atoms with Crippen LogP contribution in [0.5, 0.6) is 0 Å². The Bertz CT molecular complexity index is 433. The average Bonchev–Trinajstić information content (AvgIpc) is 2.65. The summed E-state index contributed by atoms with van der Waals surface area (Å²) < 4.78 is 5.22. The van der Waals surface area contributed by atoms with Gasteiger partial charge in [-0.15, -0.1) is 0 Å². The van der Waals surface area contributed by atoms with Crippen molar-refractivity contribution in [2.45, 2.75) is 33.2 Å². The van der Waals surface area contributed by atoms with Crippen LogP contribution in [-0.4, -0.2) is 34.0 Å². The summed E-state index contributed by atoms with van der Waals surface area (Å²) in [6, 6.07) is 3.23. The first-order valence-electron chi connectivity index (χ1n) is 5.42. The minimum Gasteiger partial charge on any atom is -0.480 e. The van der Waals surface area contributed by atoms with Gasteiger partial charge in [0.05, 0.1) is 0 Å². The van der Waals surface area contributed by atoms with Gasteiger partial charge < -0.3 is 14.4 Å². The number of carboxylic acids is 1. The fraction of sp³-hybridized carbons (Fsp3) is 0.500. The molecule has 1 rings (SSSR count). The summed E-state index contributed by atoms with van der Waals surface area (Å²) >= 11 is 0. The molecule has 0 spiro atoms. The number of likely N-dealkylation sites (N-methyl/N-ethyl adjacent to an activating group) is 1. The first-order chi connectivity index (χ1) is 7.80. The fourth-order valence-electron chi connectivity index (χ4n) is 1.59. The quantitative estimate of drug-likeness (QED) is 0.871. The van der Waals surface area contributed by atoms with Gasteiger partial charge in [-0.05, 0) is 39.8 Å². The molecule has 0 unspecified atom stereocenters. The number of carbonyl (C=O) groups is 2. The highest BCUT2D eigenvalue weighted by molar-refractivity contribution is 5.95. The van der Waals surface area contributed by atoms with E-state index >= 15 is 0 Å². The molecular formula is C12H17NO4. The van der Waals surface area contributed by atoms with Crippen molar-refractivity contribution in [3.63, 3.8) is 0 Å². The summed E-state index contributed by atoms with van der Waals surface area (Å²) in [5.41, 5.74) is -1.26. The van der Waals surface area contributed by atoms with Crippen molar-refractivity contribution >= 4 is 11.9 Å². The van der Waals surface area contributed by atoms with Gasteiger partial charge in [-0.1, -0.05) is 0 Å². The van der Waals surface area contributed by atoms with E-state index < -0.39 is 17.4 Å². The normalized spacial score (nSPS) is 11.3. The zero-order valence-electron chi connectivity index (χ0n) is 10.5. The Hall–Kier alpha value is -1.78. The van der Waals surface area contributed by atoms with Crippen LogP contribution in [-0.2, 0) is 4.79 Å². The molecule has 0 bridgehead atoms. The molecule has 1 amide bonds. The van der Waals surface area contributed by atoms with Crippen molar-refractivity contribution in [2.24, 2.45) is 0 Å². The summed E-state index contributed by atoms with van der Waals surface area (Å²) in [5, 5.41) is 9.12. The van der Waals surface area contributed by atoms with Crippen LogP contribution in [0.3, 0.4) is 0 Å². The summed E-state index contributed by atoms with van der Waals surface area (Å²) in [6.45, 7) is 6.75. The zero-order valence-corrected chi connectivity index (χ0v) is 10.5. The van der Waals surface area contributed by atoms with Gasteiger partial charge in [0, 0.05) is 6.54 Å². The van der Waals surface area contributed by atoms with Crippen molar-refractivity contribution in [2.75, 3.05) is 6.54 Å². The van der Waals surface area contributed by atoms with Crippen LogP contribution < -0.4 is 0 Å². The van der Waals surface area contributed by atoms with Gasteiger partial charge in [0.15, 0.2) is 5.76 Å². The van der Waals surface area contributed by atoms with E-state index in [4.69, 9.17) is 9.52 Å². The third-order valence-corrected chi connectivity index (χ3v) is 2.71. The molecule has 17 heavy (non-hydrogen) atoms. The molecule has 0 fully saturated rings. The third-order valence-electron chi connectivity index (χ3n) is 2.71. The zero-order chi connectivity index (χ0) is 13.2. The lowest BCUT2D eigenvalue weighted by molar-refractivity contribution is -0.147. The second kappa shape index (κ2) is 4.61. The smallest absolute Gasteiger partial charge is 0.329 e. The molecule has 0 saturated heterocycles. The second-order valence-corrected chi connectivity index (χ2v) is 4.32. The van der Waals surface area contributed by atoms with Crippen LogP contribution in [0, 0.1) is 6.92 Å². The van der Waals surface area contributed by atoms with Crippen LogP contribution in [0.2, 0.25) is 0 Å². The van der Waals surface area contributed by atoms with Gasteiger partial charge in [-0.25, -0.2) is 4.79 Å². The number of furan rings is 1. The molecule has 0 aromatic carbocycles. The molecule has 1 N–H and O–H groups in total. The van der Waals surface area contributed by atoms with Crippen molar-refractivity contribution in [1.82, 2.24) is 4.90 Å². The maximum absolute atomic E-state index is 12.1. The molecule has 1 heterocycles. The Kier molecular flexibility index (Phi) is 3.60. The number of amides is 1. The Balaban J connectivity index is 3.04. The standard InChI is InChI=1S/C12H17NO4/c1-5-13(12(3,4)11(15)16)10(14)9-7-6-8(2)17-9/h6-7H,5H2,1-4H3,(H,15,16). The van der Waals surface area contributed by atoms with Crippen molar-refractivity contribution in [3.05, 3.63) is 23.7 Å². The van der Waals surface area contributed by atoms with Crippen molar-refractivity contribution < 1.29 is 19.1 Å². The first kappa shape index (κ1) is 13.3. The Labute approximate surface area is 100 Å². The van der Waals surface area contributed by atoms with Crippen LogP contribution in [0.25, 0.3) is 0 Å². The molecule has 0 aliphatic carbocycles. The van der Waals surface area contributed by atoms with Gasteiger partial charge in [0.1, 0.15) is 11.3 Å². The highest BCUT2D eigenvalue weighted by atomic mass is 16.4. The summed E-state index contributed by atoms with van der Waals surface area (Å²) in [5.74, 6) is -0.666. The largest absolute Gasteiger partial charge is 0.480 e. The lowest BCUT2D eigenvalue weighted by Gasteiger charge is -2.33. The van der Waals surface area contributed by atoms with Gasteiger partial charge in [-0.3, -0.25) is 4.79 Å². The first-order valence-corrected chi connectivity index (χ1v) is 5.42. The minimum atomic E-state index is -1.26. The maximum atomic E-state index is 12.1. The molecule has 5 nitrogen and oxygen atoms in total. The van der Waals surface area contributed by atoms with E-state index in [2.05, 4.69) is 0 Å². The Morgan fingerprint density at radius 3 is 2.35 bits per heavy atom. The molecular weight excluding hydrogens is 222 g/mol. The number of aliphatic carboxylic acids is 1. The Morgan fingerprint density at radius 2 is 2.00 bits per heavy atom. The third kappa shape index (κ3) is 2.49. The fourth-order valence-corrected chi connectivity index (χ4v) is 1.59. The second-order valence-electron chi connectivity index (χ2n) is 4.32. The molecule has 0 aliphatic heterocycles. The van der Waals surface area contributed by atoms with E-state index in [1.54, 1.807) is 26.0 Å². The van der Waals surface area contributed by atoms with Gasteiger partial charge >= 0.3 is 5.97 Å². The average molecular weight is 239 g/mol. The molecule has 0 aliphatic rings. The predicted molar refractivity (Wildman–Crippen MR) is 61.9 cm³/mol. The summed E-state index contributed by atoms with van der Waals surface area (Å²) in [4.78, 5) is 24.5. The molecule has 0 saturated carbocycles. The minimum absolute atomic E-state index is 0.165. The van der Waals surface area contributed by atoms with E-state index in [9.17, 15) is 9.59 Å². The number of carbonyl (C=O) groups excluding carboxylic acids is 1. The summed E-state index contributed by atoms with van der Waals surface area (Å²) in [6.07, 6.45) is 0. The number of hydrogen-bond acceptors (Lipinski definition) is 3. The lowest BCUT2D eigenvalue weighted by Crippen LogP contribution is -2.52. The predicted octanol–water partition coefficient (Wildman–Crippen LogP) is 1.91.